The summed E-state index contributed by atoms with van der Waals surface area (Å²) in [6, 6.07) is 5.21. The van der Waals surface area contributed by atoms with E-state index in [0.29, 0.717) is 22.4 Å². The highest BCUT2D eigenvalue weighted by Gasteiger charge is 2.27. The lowest BCUT2D eigenvalue weighted by Gasteiger charge is -2.24. The van der Waals surface area contributed by atoms with Crippen LogP contribution in [0.4, 0.5) is 5.69 Å². The molecule has 0 atom stereocenters. The topological polar surface area (TPSA) is 55.6 Å². The lowest BCUT2D eigenvalue weighted by atomic mass is 9.85. The molecule has 0 bridgehead atoms. The first-order chi connectivity index (χ1) is 9.43. The third-order valence-corrected chi connectivity index (χ3v) is 4.08. The number of hydrogen-bond acceptors (Lipinski definition) is 3. The highest BCUT2D eigenvalue weighted by Crippen LogP contribution is 2.31. The van der Waals surface area contributed by atoms with Gasteiger partial charge in [-0.3, -0.25) is 4.79 Å². The number of ether oxygens (including phenoxy) is 1. The maximum Gasteiger partial charge on any atom is 0.257 e. The molecule has 1 saturated heterocycles. The molecule has 0 unspecified atom stereocenters. The number of nitrogens with zero attached hydrogens (tertiary/aromatic N) is 1. The van der Waals surface area contributed by atoms with Crippen molar-refractivity contribution >= 4 is 11.6 Å². The molecule has 2 rings (SSSR count). The highest BCUT2D eigenvalue weighted by molar-refractivity contribution is 5.97. The predicted octanol–water partition coefficient (Wildman–Crippen LogP) is 2.93. The van der Waals surface area contributed by atoms with E-state index in [1.54, 1.807) is 25.3 Å². The minimum absolute atomic E-state index is 0.0202. The maximum absolute atomic E-state index is 12.7. The number of anilines is 1. The zero-order valence-corrected chi connectivity index (χ0v) is 12.6. The smallest absolute Gasteiger partial charge is 0.257 e. The summed E-state index contributed by atoms with van der Waals surface area (Å²) in [6.45, 7) is 6.13. The van der Waals surface area contributed by atoms with Crippen LogP contribution in [-0.4, -0.2) is 31.0 Å². The Labute approximate surface area is 120 Å². The third-order valence-electron chi connectivity index (χ3n) is 4.08. The molecule has 1 heterocycles. The summed E-state index contributed by atoms with van der Waals surface area (Å²) in [7, 11) is 1.58. The van der Waals surface area contributed by atoms with Crippen LogP contribution in [0.1, 0.15) is 43.5 Å². The van der Waals surface area contributed by atoms with Crippen molar-refractivity contribution in [2.45, 2.75) is 33.1 Å². The fourth-order valence-electron chi connectivity index (χ4n) is 2.69. The number of amides is 1. The molecule has 1 aromatic rings. The summed E-state index contributed by atoms with van der Waals surface area (Å²) in [4.78, 5) is 14.6. The van der Waals surface area contributed by atoms with Crippen LogP contribution in [0.25, 0.3) is 0 Å². The third kappa shape index (κ3) is 3.24. The Morgan fingerprint density at radius 2 is 2.05 bits per heavy atom. The van der Waals surface area contributed by atoms with E-state index in [4.69, 9.17) is 10.5 Å². The Bertz CT molecular complexity index is 497. The number of rotatable bonds is 2. The fraction of sp³-hybridized carbons (Fsp3) is 0.562. The lowest BCUT2D eigenvalue weighted by molar-refractivity contribution is 0.0754. The molecule has 1 fully saturated rings. The van der Waals surface area contributed by atoms with Crippen molar-refractivity contribution in [1.29, 1.82) is 0 Å². The van der Waals surface area contributed by atoms with Crippen LogP contribution in [0, 0.1) is 5.41 Å². The van der Waals surface area contributed by atoms with Gasteiger partial charge in [0.1, 0.15) is 5.75 Å². The maximum atomic E-state index is 12.7. The Kier molecular flexibility index (Phi) is 4.21. The molecule has 0 aliphatic carbocycles. The normalized spacial score (nSPS) is 18.4. The Morgan fingerprint density at radius 3 is 2.75 bits per heavy atom. The first-order valence-electron chi connectivity index (χ1n) is 7.16. The summed E-state index contributed by atoms with van der Waals surface area (Å²) in [5, 5.41) is 0. The van der Waals surface area contributed by atoms with Crippen LogP contribution < -0.4 is 10.5 Å². The van der Waals surface area contributed by atoms with Crippen molar-refractivity contribution in [2.75, 3.05) is 25.9 Å². The average Bonchev–Trinajstić information content (AvgIpc) is 2.59. The van der Waals surface area contributed by atoms with E-state index in [0.717, 1.165) is 32.4 Å². The van der Waals surface area contributed by atoms with Gasteiger partial charge < -0.3 is 15.4 Å². The number of hydrogen-bond donors (Lipinski definition) is 1. The van der Waals surface area contributed by atoms with E-state index < -0.39 is 0 Å². The number of benzene rings is 1. The van der Waals surface area contributed by atoms with Crippen molar-refractivity contribution in [3.63, 3.8) is 0 Å². The van der Waals surface area contributed by atoms with Crippen molar-refractivity contribution in [1.82, 2.24) is 4.90 Å². The van der Waals surface area contributed by atoms with Crippen LogP contribution >= 0.6 is 0 Å². The van der Waals surface area contributed by atoms with Gasteiger partial charge in [-0.25, -0.2) is 0 Å². The zero-order chi connectivity index (χ0) is 14.8. The molecule has 4 nitrogen and oxygen atoms in total. The molecule has 110 valence electrons. The number of likely N-dealkylation sites (tertiary alicyclic amines) is 1. The standard InChI is InChI=1S/C16H24N2O2/c1-16(2)7-4-9-18(10-8-16)15(19)13-11-12(17)5-6-14(13)20-3/h5-6,11H,4,7-10,17H2,1-3H3. The molecule has 0 spiro atoms. The van der Waals surface area contributed by atoms with E-state index in [9.17, 15) is 4.79 Å². The SMILES string of the molecule is COc1ccc(N)cc1C(=O)N1CCCC(C)(C)CC1. The van der Waals surface area contributed by atoms with Crippen LogP contribution in [0.3, 0.4) is 0 Å². The van der Waals surface area contributed by atoms with Gasteiger partial charge in [0.2, 0.25) is 0 Å². The van der Waals surface area contributed by atoms with E-state index in [1.807, 2.05) is 4.90 Å². The monoisotopic (exact) mass is 276 g/mol. The van der Waals surface area contributed by atoms with Crippen LogP contribution in [0.15, 0.2) is 18.2 Å². The summed E-state index contributed by atoms with van der Waals surface area (Å²) in [5.41, 5.74) is 7.26. The molecule has 1 aliphatic rings. The lowest BCUT2D eigenvalue weighted by Crippen LogP contribution is -2.32. The van der Waals surface area contributed by atoms with E-state index in [1.165, 1.54) is 0 Å². The van der Waals surface area contributed by atoms with Gasteiger partial charge in [-0.1, -0.05) is 13.8 Å². The number of methoxy groups -OCH3 is 1. The number of carbonyl (C=O) groups excluding carboxylic acids is 1. The van der Waals surface area contributed by atoms with Crippen molar-refractivity contribution in [3.05, 3.63) is 23.8 Å². The van der Waals surface area contributed by atoms with E-state index >= 15 is 0 Å². The van der Waals surface area contributed by atoms with Crippen LogP contribution in [0.2, 0.25) is 0 Å². The molecule has 0 aromatic heterocycles. The molecule has 0 radical (unpaired) electrons. The van der Waals surface area contributed by atoms with Crippen molar-refractivity contribution < 1.29 is 9.53 Å². The first kappa shape index (κ1) is 14.7. The Morgan fingerprint density at radius 1 is 1.30 bits per heavy atom. The second-order valence-electron chi connectivity index (χ2n) is 6.27. The van der Waals surface area contributed by atoms with Crippen molar-refractivity contribution in [2.24, 2.45) is 5.41 Å². The molecule has 2 N–H and O–H groups in total. The summed E-state index contributed by atoms with van der Waals surface area (Å²) in [5.74, 6) is 0.611. The molecular weight excluding hydrogens is 252 g/mol. The fourth-order valence-corrected chi connectivity index (χ4v) is 2.69. The van der Waals surface area contributed by atoms with Gasteiger partial charge in [-0.05, 0) is 42.9 Å². The van der Waals surface area contributed by atoms with Crippen LogP contribution in [-0.2, 0) is 0 Å². The molecule has 0 saturated carbocycles. The second kappa shape index (κ2) is 5.73. The molecule has 20 heavy (non-hydrogen) atoms. The van der Waals surface area contributed by atoms with Gasteiger partial charge in [-0.15, -0.1) is 0 Å². The van der Waals surface area contributed by atoms with E-state index in [-0.39, 0.29) is 5.91 Å². The number of carbonyl (C=O) groups is 1. The highest BCUT2D eigenvalue weighted by atomic mass is 16.5. The number of nitrogens with two attached hydrogens (primary N) is 1. The summed E-state index contributed by atoms with van der Waals surface area (Å²) >= 11 is 0. The van der Waals surface area contributed by atoms with Gasteiger partial charge in [0, 0.05) is 18.8 Å². The molecule has 1 aliphatic heterocycles. The molecular formula is C16H24N2O2. The quantitative estimate of drug-likeness (QED) is 0.845. The number of nitrogen functional groups attached to an aromatic ring is 1. The van der Waals surface area contributed by atoms with Gasteiger partial charge in [0.25, 0.3) is 5.91 Å². The largest absolute Gasteiger partial charge is 0.496 e. The zero-order valence-electron chi connectivity index (χ0n) is 12.6. The average molecular weight is 276 g/mol. The van der Waals surface area contributed by atoms with Gasteiger partial charge in [0.15, 0.2) is 0 Å². The summed E-state index contributed by atoms with van der Waals surface area (Å²) in [6.07, 6.45) is 3.23. The minimum Gasteiger partial charge on any atom is -0.496 e. The Hall–Kier alpha value is -1.71. The Balaban J connectivity index is 2.21. The first-order valence-corrected chi connectivity index (χ1v) is 7.16. The van der Waals surface area contributed by atoms with E-state index in [2.05, 4.69) is 13.8 Å². The minimum atomic E-state index is 0.0202. The van der Waals surface area contributed by atoms with Gasteiger partial charge in [-0.2, -0.15) is 0 Å². The van der Waals surface area contributed by atoms with Crippen molar-refractivity contribution in [3.8, 4) is 5.75 Å². The molecule has 4 heteroatoms. The van der Waals surface area contributed by atoms with Gasteiger partial charge in [0.05, 0.1) is 12.7 Å². The molecule has 1 amide bonds. The molecule has 1 aromatic carbocycles. The summed E-state index contributed by atoms with van der Waals surface area (Å²) < 4.78 is 5.28. The predicted molar refractivity (Wildman–Crippen MR) is 80.9 cm³/mol. The van der Waals surface area contributed by atoms with Gasteiger partial charge >= 0.3 is 0 Å². The van der Waals surface area contributed by atoms with Crippen LogP contribution in [0.5, 0.6) is 5.75 Å². The second-order valence-corrected chi connectivity index (χ2v) is 6.27.